The van der Waals surface area contributed by atoms with Crippen LogP contribution < -0.4 is 5.73 Å². The molecule has 0 aromatic heterocycles. The summed E-state index contributed by atoms with van der Waals surface area (Å²) in [6.07, 6.45) is 2.47. The smallest absolute Gasteiger partial charge is 0.322 e. The first-order chi connectivity index (χ1) is 8.99. The van der Waals surface area contributed by atoms with Crippen LogP contribution in [0, 0.1) is 0 Å². The van der Waals surface area contributed by atoms with Crippen LogP contribution in [0.2, 0.25) is 0 Å². The first kappa shape index (κ1) is 16.2. The van der Waals surface area contributed by atoms with E-state index < -0.39 is 12.0 Å². The number of carbonyl (C=O) groups is 1. The van der Waals surface area contributed by atoms with Crippen LogP contribution in [0.1, 0.15) is 34.8 Å². The summed E-state index contributed by atoms with van der Waals surface area (Å²) in [6.45, 7) is 2.11. The topological polar surface area (TPSA) is 72.6 Å². The largest absolute Gasteiger partial charge is 0.508 e. The van der Waals surface area contributed by atoms with Crippen LogP contribution in [0.15, 0.2) is 18.2 Å². The minimum absolute atomic E-state index is 0.261. The molecular weight excluding hydrogens is 357 g/mol. The fourth-order valence-corrected chi connectivity index (χ4v) is 3.00. The van der Waals surface area contributed by atoms with E-state index in [9.17, 15) is 9.90 Å². The summed E-state index contributed by atoms with van der Waals surface area (Å²) in [5.74, 6) is -0.127. The highest BCUT2D eigenvalue weighted by Crippen LogP contribution is 2.35. The number of phenols is 1. The van der Waals surface area contributed by atoms with Crippen LogP contribution >= 0.6 is 22.6 Å². The molecule has 0 aliphatic heterocycles. The van der Waals surface area contributed by atoms with Gasteiger partial charge in [0.05, 0.1) is 7.11 Å². The van der Waals surface area contributed by atoms with Crippen molar-refractivity contribution in [3.8, 4) is 5.75 Å². The second-order valence-corrected chi connectivity index (χ2v) is 5.99. The molecule has 3 N–H and O–H groups in total. The van der Waals surface area contributed by atoms with Gasteiger partial charge in [-0.25, -0.2) is 0 Å². The highest BCUT2D eigenvalue weighted by molar-refractivity contribution is 14.1. The summed E-state index contributed by atoms with van der Waals surface area (Å²) in [4.78, 5) is 11.3. The third-order valence-corrected chi connectivity index (χ3v) is 4.22. The minimum Gasteiger partial charge on any atom is -0.508 e. The predicted molar refractivity (Wildman–Crippen MR) is 83.5 cm³/mol. The summed E-state index contributed by atoms with van der Waals surface area (Å²) < 4.78 is 4.87. The molecule has 1 unspecified atom stereocenters. The summed E-state index contributed by atoms with van der Waals surface area (Å²) in [6, 6.07) is 4.71. The van der Waals surface area contributed by atoms with Crippen LogP contribution in [0.25, 0.3) is 0 Å². The van der Waals surface area contributed by atoms with Gasteiger partial charge in [0, 0.05) is 9.49 Å². The minimum atomic E-state index is -0.666. The summed E-state index contributed by atoms with van der Waals surface area (Å²) in [5.41, 5.74) is 7.58. The zero-order valence-electron chi connectivity index (χ0n) is 11.2. The van der Waals surface area contributed by atoms with Gasteiger partial charge in [0.25, 0.3) is 0 Å². The molecule has 0 saturated carbocycles. The number of esters is 1. The van der Waals surface area contributed by atoms with Crippen molar-refractivity contribution in [1.82, 2.24) is 0 Å². The van der Waals surface area contributed by atoms with Gasteiger partial charge in [0.2, 0.25) is 0 Å². The lowest BCUT2D eigenvalue weighted by Crippen LogP contribution is -2.33. The van der Waals surface area contributed by atoms with Crippen LogP contribution in [-0.4, -0.2) is 24.2 Å². The molecule has 0 saturated heterocycles. The van der Waals surface area contributed by atoms with E-state index in [1.54, 1.807) is 12.1 Å². The molecule has 0 heterocycles. The number of alkyl halides is 1. The Balaban J connectivity index is 2.86. The van der Waals surface area contributed by atoms with Crippen molar-refractivity contribution < 1.29 is 14.6 Å². The third kappa shape index (κ3) is 4.65. The van der Waals surface area contributed by atoms with E-state index in [1.807, 2.05) is 6.07 Å². The number of methoxy groups -OCH3 is 1. The molecule has 1 rings (SSSR count). The Kier molecular flexibility index (Phi) is 6.57. The van der Waals surface area contributed by atoms with Crippen LogP contribution in [0.5, 0.6) is 5.75 Å². The molecule has 0 spiro atoms. The zero-order valence-corrected chi connectivity index (χ0v) is 13.4. The quantitative estimate of drug-likeness (QED) is 0.454. The number of hydrogen-bond donors (Lipinski definition) is 2. The Hall–Kier alpha value is -0.820. The third-order valence-electron chi connectivity index (χ3n) is 2.93. The van der Waals surface area contributed by atoms with E-state index in [4.69, 9.17) is 5.73 Å². The van der Waals surface area contributed by atoms with Gasteiger partial charge in [-0.15, -0.1) is 0 Å². The molecule has 2 atom stereocenters. The van der Waals surface area contributed by atoms with Crippen molar-refractivity contribution in [3.05, 3.63) is 29.3 Å². The average molecular weight is 377 g/mol. The SMILES string of the molecule is CCCC(I)c1cc(C[C@H](N)C(=O)OC)ccc1O. The van der Waals surface area contributed by atoms with Gasteiger partial charge in [-0.3, -0.25) is 4.79 Å². The maximum Gasteiger partial charge on any atom is 0.322 e. The molecule has 0 aliphatic carbocycles. The maximum atomic E-state index is 11.3. The molecule has 0 fully saturated rings. The highest BCUT2D eigenvalue weighted by Gasteiger charge is 2.17. The maximum absolute atomic E-state index is 11.3. The Labute approximate surface area is 127 Å². The number of benzene rings is 1. The van der Waals surface area contributed by atoms with Crippen molar-refractivity contribution in [2.45, 2.75) is 36.2 Å². The van der Waals surface area contributed by atoms with Crippen LogP contribution in [0.4, 0.5) is 0 Å². The van der Waals surface area contributed by atoms with Crippen molar-refractivity contribution >= 4 is 28.6 Å². The predicted octanol–water partition coefficient (Wildman–Crippen LogP) is 2.71. The molecule has 0 bridgehead atoms. The Morgan fingerprint density at radius 3 is 2.79 bits per heavy atom. The number of carbonyl (C=O) groups excluding carboxylic acids is 1. The Bertz CT molecular complexity index is 437. The monoisotopic (exact) mass is 377 g/mol. The molecule has 0 aliphatic rings. The lowest BCUT2D eigenvalue weighted by molar-refractivity contribution is -0.142. The van der Waals surface area contributed by atoms with Gasteiger partial charge < -0.3 is 15.6 Å². The van der Waals surface area contributed by atoms with E-state index in [0.717, 1.165) is 24.0 Å². The first-order valence-corrected chi connectivity index (χ1v) is 7.53. The number of ether oxygens (including phenoxy) is 1. The molecule has 19 heavy (non-hydrogen) atoms. The number of halogens is 1. The van der Waals surface area contributed by atoms with Gasteiger partial charge in [-0.1, -0.05) is 48.1 Å². The van der Waals surface area contributed by atoms with Crippen molar-refractivity contribution in [2.75, 3.05) is 7.11 Å². The normalized spacial score (nSPS) is 13.9. The van der Waals surface area contributed by atoms with Gasteiger partial charge in [0.15, 0.2) is 0 Å². The molecular formula is C14H20INO3. The van der Waals surface area contributed by atoms with E-state index in [0.29, 0.717) is 12.2 Å². The van der Waals surface area contributed by atoms with Crippen molar-refractivity contribution in [2.24, 2.45) is 5.73 Å². The number of hydrogen-bond acceptors (Lipinski definition) is 4. The molecule has 106 valence electrons. The second kappa shape index (κ2) is 7.69. The average Bonchev–Trinajstić information content (AvgIpc) is 2.40. The lowest BCUT2D eigenvalue weighted by atomic mass is 10.00. The van der Waals surface area contributed by atoms with E-state index in [1.165, 1.54) is 7.11 Å². The van der Waals surface area contributed by atoms with Gasteiger partial charge in [0.1, 0.15) is 11.8 Å². The van der Waals surface area contributed by atoms with E-state index in [2.05, 4.69) is 34.3 Å². The molecule has 0 amide bonds. The number of nitrogens with two attached hydrogens (primary N) is 1. The summed E-state index contributed by atoms with van der Waals surface area (Å²) in [7, 11) is 1.33. The number of aromatic hydroxyl groups is 1. The lowest BCUT2D eigenvalue weighted by Gasteiger charge is -2.14. The zero-order chi connectivity index (χ0) is 14.4. The second-order valence-electron chi connectivity index (χ2n) is 4.48. The molecule has 1 aromatic rings. The fourth-order valence-electron chi connectivity index (χ4n) is 1.88. The Morgan fingerprint density at radius 1 is 1.53 bits per heavy atom. The summed E-state index contributed by atoms with van der Waals surface area (Å²) >= 11 is 2.32. The summed E-state index contributed by atoms with van der Waals surface area (Å²) in [5, 5.41) is 9.89. The van der Waals surface area contributed by atoms with Crippen molar-refractivity contribution in [1.29, 1.82) is 0 Å². The van der Waals surface area contributed by atoms with Crippen LogP contribution in [-0.2, 0) is 16.0 Å². The standard InChI is InChI=1S/C14H20INO3/c1-3-4-11(15)10-7-9(5-6-13(10)17)8-12(16)14(18)19-2/h5-7,11-12,17H,3-4,8,16H2,1-2H3/t11?,12-/m0/s1. The van der Waals surface area contributed by atoms with E-state index in [-0.39, 0.29) is 3.92 Å². The number of rotatable bonds is 6. The highest BCUT2D eigenvalue weighted by atomic mass is 127. The molecule has 1 aromatic carbocycles. The first-order valence-electron chi connectivity index (χ1n) is 6.28. The van der Waals surface area contributed by atoms with Crippen LogP contribution in [0.3, 0.4) is 0 Å². The fraction of sp³-hybridized carbons (Fsp3) is 0.500. The van der Waals surface area contributed by atoms with Crippen molar-refractivity contribution in [3.63, 3.8) is 0 Å². The Morgan fingerprint density at radius 2 is 2.21 bits per heavy atom. The van der Waals surface area contributed by atoms with E-state index >= 15 is 0 Å². The molecule has 5 heteroatoms. The number of phenolic OH excluding ortho intramolecular Hbond substituents is 1. The molecule has 0 radical (unpaired) electrons. The van der Waals surface area contributed by atoms with Gasteiger partial charge >= 0.3 is 5.97 Å². The molecule has 4 nitrogen and oxygen atoms in total. The van der Waals surface area contributed by atoms with Gasteiger partial charge in [-0.2, -0.15) is 0 Å². The van der Waals surface area contributed by atoms with Gasteiger partial charge in [-0.05, 0) is 24.5 Å².